The third-order valence-corrected chi connectivity index (χ3v) is 4.95. The lowest BCUT2D eigenvalue weighted by Crippen LogP contribution is -2.39. The summed E-state index contributed by atoms with van der Waals surface area (Å²) >= 11 is 0. The second-order valence-corrected chi connectivity index (χ2v) is 6.95. The number of aliphatic hydroxyl groups is 1. The molecule has 2 aromatic heterocycles. The number of nitrogens with zero attached hydrogens (tertiary/aromatic N) is 3. The van der Waals surface area contributed by atoms with E-state index >= 15 is 0 Å². The second-order valence-electron chi connectivity index (χ2n) is 5.54. The molecule has 2 fully saturated rings. The molecular formula is C11H14N5O7P. The lowest BCUT2D eigenvalue weighted by molar-refractivity contribution is -0.0669. The number of hydrogen-bond donors (Lipinski definition) is 4. The van der Waals surface area contributed by atoms with E-state index < -0.39 is 37.9 Å². The quantitative estimate of drug-likeness (QED) is 0.452. The summed E-state index contributed by atoms with van der Waals surface area (Å²) in [5.74, 6) is 0.238. The highest BCUT2D eigenvalue weighted by molar-refractivity contribution is 7.47. The highest BCUT2D eigenvalue weighted by Gasteiger charge is 2.53. The Labute approximate surface area is 133 Å². The van der Waals surface area contributed by atoms with Gasteiger partial charge in [0.25, 0.3) is 5.56 Å². The maximum absolute atomic E-state index is 11.9. The van der Waals surface area contributed by atoms with Crippen LogP contribution in [-0.4, -0.2) is 54.4 Å². The average molecular weight is 359 g/mol. The summed E-state index contributed by atoms with van der Waals surface area (Å²) in [5.41, 5.74) is 5.21. The number of imidazole rings is 1. The van der Waals surface area contributed by atoms with Crippen molar-refractivity contribution in [1.82, 2.24) is 19.5 Å². The topological polar surface area (TPSA) is 175 Å². The molecule has 5 N–H and O–H groups in total. The third kappa shape index (κ3) is 2.27. The number of fused-ring (bicyclic) bond motifs is 2. The molecule has 0 bridgehead atoms. The van der Waals surface area contributed by atoms with E-state index in [2.05, 4.69) is 19.5 Å². The van der Waals surface area contributed by atoms with E-state index in [9.17, 15) is 19.4 Å². The molecule has 13 heteroatoms. The molecule has 0 radical (unpaired) electrons. The first-order chi connectivity index (χ1) is 11.3. The van der Waals surface area contributed by atoms with Crippen LogP contribution in [0.1, 0.15) is 12.1 Å². The number of aromatic nitrogens is 4. The molecule has 2 aliphatic rings. The first-order valence-electron chi connectivity index (χ1n) is 7.00. The summed E-state index contributed by atoms with van der Waals surface area (Å²) in [4.78, 5) is 31.8. The van der Waals surface area contributed by atoms with Crippen molar-refractivity contribution in [2.75, 3.05) is 12.3 Å². The number of nitrogens with one attached hydrogen (secondary N) is 1. The fourth-order valence-corrected chi connectivity index (χ4v) is 3.93. The molecule has 2 aromatic rings. The average Bonchev–Trinajstić information content (AvgIpc) is 2.96. The Morgan fingerprint density at radius 2 is 2.21 bits per heavy atom. The maximum Gasteiger partial charge on any atom is 0.472 e. The number of phosphoric ester groups is 1. The van der Waals surface area contributed by atoms with Gasteiger partial charge in [-0.05, 0) is 6.92 Å². The zero-order valence-corrected chi connectivity index (χ0v) is 13.2. The van der Waals surface area contributed by atoms with Crippen molar-refractivity contribution >= 4 is 24.9 Å². The Kier molecular flexibility index (Phi) is 3.33. The molecule has 24 heavy (non-hydrogen) atoms. The molecule has 0 aromatic carbocycles. The summed E-state index contributed by atoms with van der Waals surface area (Å²) in [6.07, 6.45) is -4.13. The summed E-state index contributed by atoms with van der Waals surface area (Å²) < 4.78 is 28.2. The van der Waals surface area contributed by atoms with Crippen LogP contribution >= 0.6 is 7.82 Å². The van der Waals surface area contributed by atoms with Crippen molar-refractivity contribution in [2.24, 2.45) is 0 Å². The van der Waals surface area contributed by atoms with Crippen LogP contribution in [0.15, 0.2) is 4.79 Å². The lowest BCUT2D eigenvalue weighted by atomic mass is 10.1. The van der Waals surface area contributed by atoms with Gasteiger partial charge in [0.1, 0.15) is 24.1 Å². The molecule has 5 atom stereocenters. The van der Waals surface area contributed by atoms with Gasteiger partial charge in [-0.25, -0.2) is 9.55 Å². The second kappa shape index (κ2) is 5.09. The van der Waals surface area contributed by atoms with Crippen LogP contribution in [0.3, 0.4) is 0 Å². The Morgan fingerprint density at radius 1 is 1.46 bits per heavy atom. The van der Waals surface area contributed by atoms with Crippen LogP contribution in [0.2, 0.25) is 0 Å². The van der Waals surface area contributed by atoms with E-state index in [4.69, 9.17) is 15.0 Å². The first kappa shape index (κ1) is 15.7. The Morgan fingerprint density at radius 3 is 2.96 bits per heavy atom. The summed E-state index contributed by atoms with van der Waals surface area (Å²) in [5, 5.41) is 10.5. The number of aryl methyl sites for hydroxylation is 1. The molecule has 0 saturated carbocycles. The van der Waals surface area contributed by atoms with Gasteiger partial charge in [-0.15, -0.1) is 0 Å². The van der Waals surface area contributed by atoms with Crippen molar-refractivity contribution in [1.29, 1.82) is 0 Å². The minimum atomic E-state index is -4.23. The third-order valence-electron chi connectivity index (χ3n) is 3.97. The number of nitrogen functional groups attached to an aromatic ring is 1. The number of anilines is 1. The van der Waals surface area contributed by atoms with Crippen LogP contribution in [0.5, 0.6) is 0 Å². The predicted molar refractivity (Wildman–Crippen MR) is 77.9 cm³/mol. The lowest BCUT2D eigenvalue weighted by Gasteiger charge is -2.27. The van der Waals surface area contributed by atoms with E-state index in [1.165, 1.54) is 4.57 Å². The molecule has 0 aliphatic carbocycles. The molecule has 0 spiro atoms. The molecule has 12 nitrogen and oxygen atoms in total. The molecular weight excluding hydrogens is 345 g/mol. The summed E-state index contributed by atoms with van der Waals surface area (Å²) in [7, 11) is -4.23. The van der Waals surface area contributed by atoms with Crippen LogP contribution in [0.25, 0.3) is 11.2 Å². The van der Waals surface area contributed by atoms with E-state index in [0.717, 1.165) is 0 Å². The summed E-state index contributed by atoms with van der Waals surface area (Å²) in [6.45, 7) is 1.39. The van der Waals surface area contributed by atoms with Gasteiger partial charge in [-0.1, -0.05) is 0 Å². The van der Waals surface area contributed by atoms with Crippen LogP contribution in [0, 0.1) is 6.92 Å². The Balaban J connectivity index is 1.80. The summed E-state index contributed by atoms with van der Waals surface area (Å²) in [6, 6.07) is 0. The van der Waals surface area contributed by atoms with Gasteiger partial charge in [-0.3, -0.25) is 23.4 Å². The molecule has 4 rings (SSSR count). The predicted octanol–water partition coefficient (Wildman–Crippen LogP) is -1.22. The van der Waals surface area contributed by atoms with E-state index in [-0.39, 0.29) is 23.7 Å². The van der Waals surface area contributed by atoms with Gasteiger partial charge >= 0.3 is 7.82 Å². The number of H-pyrrole nitrogens is 1. The van der Waals surface area contributed by atoms with Crippen molar-refractivity contribution in [2.45, 2.75) is 31.5 Å². The highest BCUT2D eigenvalue weighted by atomic mass is 31.2. The van der Waals surface area contributed by atoms with Gasteiger partial charge in [0.15, 0.2) is 17.4 Å². The number of aromatic amines is 1. The SMILES string of the molecule is Cc1nc2c(=O)[nH]c(N)nc2n1[C@@H]1O[C@@H]2COP(=O)(O)O[C@@H]2C1O. The molecule has 2 unspecified atom stereocenters. The minimum absolute atomic E-state index is 0.0392. The maximum atomic E-state index is 11.9. The zero-order valence-electron chi connectivity index (χ0n) is 12.3. The number of phosphoric acid groups is 1. The van der Waals surface area contributed by atoms with E-state index in [1.54, 1.807) is 6.92 Å². The molecule has 4 heterocycles. The molecule has 2 aliphatic heterocycles. The smallest absolute Gasteiger partial charge is 0.386 e. The van der Waals surface area contributed by atoms with E-state index in [0.29, 0.717) is 5.82 Å². The van der Waals surface area contributed by atoms with Crippen LogP contribution < -0.4 is 11.3 Å². The Bertz CT molecular complexity index is 925. The molecule has 130 valence electrons. The van der Waals surface area contributed by atoms with Gasteiger partial charge in [0, 0.05) is 0 Å². The molecule has 2 saturated heterocycles. The number of rotatable bonds is 1. The van der Waals surface area contributed by atoms with Gasteiger partial charge in [0.05, 0.1) is 6.61 Å². The van der Waals surface area contributed by atoms with Gasteiger partial charge < -0.3 is 20.5 Å². The van der Waals surface area contributed by atoms with Crippen molar-refractivity contribution in [3.63, 3.8) is 0 Å². The Hall–Kier alpha value is -1.82. The standard InChI is InChI=1S/C11H14N5O7P/c1-3-13-5-8(14-11(12)15-9(5)18)16(3)10-6(17)7-4(22-10)2-21-24(19,20)23-7/h4,6-7,10,17H,2H2,1H3,(H,19,20)(H3,12,14,15,18)/t4-,6?,7+,10-/m1/s1. The normalized spacial score (nSPS) is 36.1. The number of hydrogen-bond acceptors (Lipinski definition) is 9. The molecule has 0 amide bonds. The van der Waals surface area contributed by atoms with Crippen molar-refractivity contribution < 1.29 is 28.3 Å². The van der Waals surface area contributed by atoms with Gasteiger partial charge in [-0.2, -0.15) is 4.98 Å². The van der Waals surface area contributed by atoms with Crippen molar-refractivity contribution in [3.8, 4) is 0 Å². The van der Waals surface area contributed by atoms with Crippen LogP contribution in [-0.2, 0) is 18.3 Å². The van der Waals surface area contributed by atoms with E-state index in [1.807, 2.05) is 0 Å². The van der Waals surface area contributed by atoms with Gasteiger partial charge in [0.2, 0.25) is 5.95 Å². The van der Waals surface area contributed by atoms with Crippen LogP contribution in [0.4, 0.5) is 5.95 Å². The number of nitrogens with two attached hydrogens (primary N) is 1. The van der Waals surface area contributed by atoms with Crippen molar-refractivity contribution in [3.05, 3.63) is 16.2 Å². The number of aliphatic hydroxyl groups excluding tert-OH is 1. The monoisotopic (exact) mass is 359 g/mol. The number of ether oxygens (including phenoxy) is 1. The minimum Gasteiger partial charge on any atom is -0.386 e. The highest BCUT2D eigenvalue weighted by Crippen LogP contribution is 2.52. The largest absolute Gasteiger partial charge is 0.472 e. The first-order valence-corrected chi connectivity index (χ1v) is 8.50. The zero-order chi connectivity index (χ0) is 17.2. The fourth-order valence-electron chi connectivity index (χ4n) is 2.96. The fraction of sp³-hybridized carbons (Fsp3) is 0.545.